The lowest BCUT2D eigenvalue weighted by Crippen LogP contribution is -2.33. The van der Waals surface area contributed by atoms with Crippen LogP contribution in [0.1, 0.15) is 61.2 Å². The summed E-state index contributed by atoms with van der Waals surface area (Å²) in [4.78, 5) is 13.3. The molecule has 0 saturated carbocycles. The summed E-state index contributed by atoms with van der Waals surface area (Å²) in [6.07, 6.45) is 3.16. The van der Waals surface area contributed by atoms with E-state index in [0.29, 0.717) is 17.1 Å². The first-order valence-corrected chi connectivity index (χ1v) is 16.6. The van der Waals surface area contributed by atoms with Crippen LogP contribution < -0.4 is 16.0 Å². The number of carbonyl (C=O) groups is 1. The van der Waals surface area contributed by atoms with E-state index in [2.05, 4.69) is 36.7 Å². The van der Waals surface area contributed by atoms with Gasteiger partial charge in [-0.15, -0.1) is 0 Å². The molecule has 1 aromatic heterocycles. The van der Waals surface area contributed by atoms with Crippen LogP contribution in [0.2, 0.25) is 0 Å². The normalized spacial score (nSPS) is 15.3. The van der Waals surface area contributed by atoms with Gasteiger partial charge in [-0.3, -0.25) is 5.32 Å². The molecule has 0 bridgehead atoms. The van der Waals surface area contributed by atoms with E-state index in [1.165, 1.54) is 5.41 Å². The number of aryl methyl sites for hydroxylation is 1. The van der Waals surface area contributed by atoms with Gasteiger partial charge in [0.25, 0.3) is 0 Å². The van der Waals surface area contributed by atoms with Crippen molar-refractivity contribution >= 4 is 33.4 Å². The van der Waals surface area contributed by atoms with Gasteiger partial charge in [-0.1, -0.05) is 80.9 Å². The Labute approximate surface area is 260 Å². The topological polar surface area (TPSA) is 105 Å². The van der Waals surface area contributed by atoms with Gasteiger partial charge < -0.3 is 10.6 Å². The number of benzene rings is 3. The third-order valence-corrected chi connectivity index (χ3v) is 9.77. The molecule has 1 atom stereocenters. The van der Waals surface area contributed by atoms with Crippen LogP contribution in [0.15, 0.2) is 90.3 Å². The van der Waals surface area contributed by atoms with Crippen LogP contribution in [0.25, 0.3) is 11.8 Å². The maximum atomic E-state index is 13.8. The average molecular weight is 612 g/mol. The van der Waals surface area contributed by atoms with Gasteiger partial charge in [-0.2, -0.15) is 5.10 Å². The number of sulfone groups is 1. The molecule has 8 nitrogen and oxygen atoms in total. The number of hydrogen-bond donors (Lipinski definition) is 3. The molecule has 1 saturated heterocycles. The second-order valence-corrected chi connectivity index (χ2v) is 14.4. The van der Waals surface area contributed by atoms with Crippen LogP contribution in [0.3, 0.4) is 0 Å². The first-order valence-electron chi connectivity index (χ1n) is 15.0. The summed E-state index contributed by atoms with van der Waals surface area (Å²) in [5, 5.41) is 14.6. The third-order valence-electron chi connectivity index (χ3n) is 7.89. The predicted octanol–water partition coefficient (Wildman–Crippen LogP) is 7.25. The first-order chi connectivity index (χ1) is 21.0. The minimum absolute atomic E-state index is 0.0505. The van der Waals surface area contributed by atoms with Gasteiger partial charge in [0.1, 0.15) is 5.82 Å². The van der Waals surface area contributed by atoms with Crippen molar-refractivity contribution in [1.29, 1.82) is 0 Å². The molecule has 0 aliphatic carbocycles. The van der Waals surface area contributed by atoms with Crippen molar-refractivity contribution in [3.05, 3.63) is 113 Å². The van der Waals surface area contributed by atoms with Gasteiger partial charge in [0.15, 0.2) is 9.84 Å². The Bertz CT molecular complexity index is 1720. The van der Waals surface area contributed by atoms with Gasteiger partial charge in [0.2, 0.25) is 0 Å². The number of piperidine rings is 1. The number of hydrogen-bond acceptors (Lipinski definition) is 5. The number of amides is 2. The van der Waals surface area contributed by atoms with E-state index < -0.39 is 21.1 Å². The Morgan fingerprint density at radius 1 is 0.955 bits per heavy atom. The minimum Gasteiger partial charge on any atom is -0.317 e. The zero-order valence-electron chi connectivity index (χ0n) is 25.7. The average Bonchev–Trinajstić information content (AvgIpc) is 3.42. The van der Waals surface area contributed by atoms with E-state index in [9.17, 15) is 13.2 Å². The Balaban J connectivity index is 1.40. The van der Waals surface area contributed by atoms with E-state index in [1.807, 2.05) is 73.7 Å². The van der Waals surface area contributed by atoms with Crippen molar-refractivity contribution in [2.24, 2.45) is 5.92 Å². The molecule has 1 aliphatic heterocycles. The van der Waals surface area contributed by atoms with Gasteiger partial charge >= 0.3 is 6.03 Å². The lowest BCUT2D eigenvalue weighted by atomic mass is 9.90. The zero-order valence-corrected chi connectivity index (χ0v) is 26.6. The first kappa shape index (κ1) is 31.2. The van der Waals surface area contributed by atoms with Gasteiger partial charge in [-0.25, -0.2) is 17.9 Å². The van der Waals surface area contributed by atoms with E-state index in [0.717, 1.165) is 48.4 Å². The standard InChI is InChI=1S/C35H41N5O3S/c1-25-13-15-30(16-14-25)40-32(24-31(39-40)35(2,3)4)38-34(41)37-29-12-8-11-28(23-29)33(27-17-20-36-21-18-27)44(42,43)22-19-26-9-6-5-7-10-26/h5-16,19,22-24,27,33,36H,17-18,20-21H2,1-4H3,(H2,37,38,41). The Kier molecular flexibility index (Phi) is 9.36. The number of rotatable bonds is 8. The second kappa shape index (κ2) is 13.2. The minimum atomic E-state index is -3.67. The third kappa shape index (κ3) is 7.65. The highest BCUT2D eigenvalue weighted by molar-refractivity contribution is 7.94. The number of urea groups is 1. The highest BCUT2D eigenvalue weighted by Crippen LogP contribution is 2.38. The summed E-state index contributed by atoms with van der Waals surface area (Å²) in [5.74, 6) is 0.485. The molecule has 0 spiro atoms. The summed E-state index contributed by atoms with van der Waals surface area (Å²) >= 11 is 0. The number of carbonyl (C=O) groups excluding carboxylic acids is 1. The molecule has 2 heterocycles. The summed E-state index contributed by atoms with van der Waals surface area (Å²) < 4.78 is 29.4. The highest BCUT2D eigenvalue weighted by Gasteiger charge is 2.34. The molecular formula is C35H41N5O3S. The van der Waals surface area contributed by atoms with Gasteiger partial charge in [0.05, 0.1) is 16.6 Å². The predicted molar refractivity (Wildman–Crippen MR) is 179 cm³/mol. The summed E-state index contributed by atoms with van der Waals surface area (Å²) in [6, 6.07) is 26.0. The molecular weight excluding hydrogens is 570 g/mol. The largest absolute Gasteiger partial charge is 0.324 e. The zero-order chi connectivity index (χ0) is 31.3. The highest BCUT2D eigenvalue weighted by atomic mass is 32.2. The molecule has 3 N–H and O–H groups in total. The Hall–Kier alpha value is -4.21. The monoisotopic (exact) mass is 611 g/mol. The maximum Gasteiger partial charge on any atom is 0.324 e. The second-order valence-electron chi connectivity index (χ2n) is 12.4. The maximum absolute atomic E-state index is 13.8. The van der Waals surface area contributed by atoms with Crippen molar-refractivity contribution in [3.63, 3.8) is 0 Å². The fraction of sp³-hybridized carbons (Fsp3) is 0.314. The van der Waals surface area contributed by atoms with Crippen LogP contribution >= 0.6 is 0 Å². The fourth-order valence-electron chi connectivity index (χ4n) is 5.49. The SMILES string of the molecule is Cc1ccc(-n2nc(C(C)(C)C)cc2NC(=O)Nc2cccc(C(C3CCNCC3)S(=O)(=O)C=Cc3ccccc3)c2)cc1. The van der Waals surface area contributed by atoms with Crippen molar-refractivity contribution in [1.82, 2.24) is 15.1 Å². The molecule has 230 valence electrons. The van der Waals surface area contributed by atoms with Crippen molar-refractivity contribution in [3.8, 4) is 5.69 Å². The summed E-state index contributed by atoms with van der Waals surface area (Å²) in [7, 11) is -3.67. The molecule has 0 radical (unpaired) electrons. The van der Waals surface area contributed by atoms with Crippen LogP contribution in [0.5, 0.6) is 0 Å². The Morgan fingerprint density at radius 2 is 1.66 bits per heavy atom. The van der Waals surface area contributed by atoms with Crippen molar-refractivity contribution in [2.45, 2.75) is 51.2 Å². The number of anilines is 2. The number of nitrogens with one attached hydrogen (secondary N) is 3. The summed E-state index contributed by atoms with van der Waals surface area (Å²) in [6.45, 7) is 9.79. The van der Waals surface area contributed by atoms with E-state index in [4.69, 9.17) is 5.10 Å². The fourth-order valence-corrected chi connectivity index (χ4v) is 7.34. The van der Waals surface area contributed by atoms with Crippen LogP contribution in [-0.2, 0) is 15.3 Å². The van der Waals surface area contributed by atoms with Crippen LogP contribution in [0, 0.1) is 12.8 Å². The molecule has 44 heavy (non-hydrogen) atoms. The lowest BCUT2D eigenvalue weighted by molar-refractivity contribution is 0.262. The van der Waals surface area contributed by atoms with Gasteiger partial charge in [-0.05, 0) is 80.2 Å². The molecule has 1 aliphatic rings. The molecule has 2 amide bonds. The number of nitrogens with zero attached hydrogens (tertiary/aromatic N) is 2. The molecule has 9 heteroatoms. The van der Waals surface area contributed by atoms with E-state index in [1.54, 1.807) is 29.0 Å². The lowest BCUT2D eigenvalue weighted by Gasteiger charge is -2.30. The molecule has 1 unspecified atom stereocenters. The van der Waals surface area contributed by atoms with Crippen molar-refractivity contribution < 1.29 is 13.2 Å². The van der Waals surface area contributed by atoms with Crippen molar-refractivity contribution in [2.75, 3.05) is 23.7 Å². The summed E-state index contributed by atoms with van der Waals surface area (Å²) in [5.41, 5.74) is 4.58. The van der Waals surface area contributed by atoms with E-state index in [-0.39, 0.29) is 11.3 Å². The quantitative estimate of drug-likeness (QED) is 0.195. The van der Waals surface area contributed by atoms with Crippen LogP contribution in [-0.4, -0.2) is 37.3 Å². The van der Waals surface area contributed by atoms with Gasteiger partial charge in [0, 0.05) is 22.6 Å². The van der Waals surface area contributed by atoms with E-state index >= 15 is 0 Å². The Morgan fingerprint density at radius 3 is 2.34 bits per heavy atom. The molecule has 3 aromatic carbocycles. The molecule has 4 aromatic rings. The molecule has 1 fully saturated rings. The number of aromatic nitrogens is 2. The smallest absolute Gasteiger partial charge is 0.317 e. The van der Waals surface area contributed by atoms with Crippen LogP contribution in [0.4, 0.5) is 16.3 Å². The molecule has 5 rings (SSSR count).